The molecule has 6 nitrogen and oxygen atoms in total. The van der Waals surface area contributed by atoms with Crippen molar-refractivity contribution in [2.45, 2.75) is 18.6 Å². The minimum atomic E-state index is -0.618. The Labute approximate surface area is 191 Å². The van der Waals surface area contributed by atoms with Gasteiger partial charge in [-0.1, -0.05) is 29.8 Å². The Balaban J connectivity index is 1.37. The van der Waals surface area contributed by atoms with E-state index in [-0.39, 0.29) is 18.7 Å². The second-order valence-corrected chi connectivity index (χ2v) is 8.12. The lowest BCUT2D eigenvalue weighted by Gasteiger charge is -2.47. The van der Waals surface area contributed by atoms with E-state index in [1.807, 2.05) is 47.4 Å². The van der Waals surface area contributed by atoms with E-state index in [0.29, 0.717) is 28.8 Å². The van der Waals surface area contributed by atoms with Crippen LogP contribution in [0.3, 0.4) is 0 Å². The molecule has 0 radical (unpaired) electrons. The zero-order valence-corrected chi connectivity index (χ0v) is 18.2. The van der Waals surface area contributed by atoms with Crippen molar-refractivity contribution in [3.63, 3.8) is 0 Å². The molecule has 1 fully saturated rings. The molecule has 5 rings (SSSR count). The second-order valence-electron chi connectivity index (χ2n) is 7.68. The van der Waals surface area contributed by atoms with Crippen molar-refractivity contribution in [2.75, 3.05) is 20.4 Å². The minimum absolute atomic E-state index is 0.0453. The Bertz CT molecular complexity index is 1120. The van der Waals surface area contributed by atoms with Gasteiger partial charge in [0.05, 0.1) is 7.11 Å². The molecule has 2 atom stereocenters. The summed E-state index contributed by atoms with van der Waals surface area (Å²) in [4.78, 5) is 14.9. The Kier molecular flexibility index (Phi) is 5.53. The van der Waals surface area contributed by atoms with Crippen molar-refractivity contribution >= 4 is 17.5 Å². The standard InChI is InChI=1S/C25H22ClNO5/c1-29-19-7-2-16(3-8-19)12-13-27-23(17-4-11-21-22(14-17)31-15-30-21)24(25(27)28)32-20-9-5-18(26)6-10-20/h2-11,14,23-24H,12-13,15H2,1H3. The van der Waals surface area contributed by atoms with E-state index in [4.69, 9.17) is 30.5 Å². The summed E-state index contributed by atoms with van der Waals surface area (Å²) in [6.07, 6.45) is 0.109. The normalized spacial score (nSPS) is 18.9. The number of rotatable bonds is 7. The number of nitrogens with zero attached hydrogens (tertiary/aromatic N) is 1. The van der Waals surface area contributed by atoms with Crippen LogP contribution in [0.25, 0.3) is 0 Å². The molecule has 0 aliphatic carbocycles. The number of benzene rings is 3. The Morgan fingerprint density at radius 2 is 1.69 bits per heavy atom. The van der Waals surface area contributed by atoms with Crippen LogP contribution in [-0.4, -0.2) is 37.4 Å². The maximum Gasteiger partial charge on any atom is 0.266 e. The number of methoxy groups -OCH3 is 1. The van der Waals surface area contributed by atoms with Crippen molar-refractivity contribution < 1.29 is 23.7 Å². The van der Waals surface area contributed by atoms with E-state index in [9.17, 15) is 4.79 Å². The van der Waals surface area contributed by atoms with Crippen molar-refractivity contribution in [1.29, 1.82) is 0 Å². The van der Waals surface area contributed by atoms with Gasteiger partial charge in [0.2, 0.25) is 12.9 Å². The lowest BCUT2D eigenvalue weighted by Crippen LogP contribution is -2.61. The summed E-state index contributed by atoms with van der Waals surface area (Å²) in [6, 6.07) is 20.5. The van der Waals surface area contributed by atoms with Gasteiger partial charge in [-0.15, -0.1) is 0 Å². The molecule has 0 bridgehead atoms. The molecule has 2 unspecified atom stereocenters. The van der Waals surface area contributed by atoms with Crippen LogP contribution < -0.4 is 18.9 Å². The molecule has 0 aromatic heterocycles. The zero-order chi connectivity index (χ0) is 22.1. The van der Waals surface area contributed by atoms with Gasteiger partial charge in [0.15, 0.2) is 11.5 Å². The Morgan fingerprint density at radius 1 is 0.969 bits per heavy atom. The molecule has 2 aliphatic heterocycles. The van der Waals surface area contributed by atoms with Crippen LogP contribution in [0.4, 0.5) is 0 Å². The van der Waals surface area contributed by atoms with Gasteiger partial charge in [-0.3, -0.25) is 4.79 Å². The van der Waals surface area contributed by atoms with Gasteiger partial charge < -0.3 is 23.8 Å². The molecular formula is C25H22ClNO5. The number of β-lactam (4-membered cyclic amide) rings is 1. The molecule has 1 saturated heterocycles. The summed E-state index contributed by atoms with van der Waals surface area (Å²) in [7, 11) is 1.64. The summed E-state index contributed by atoms with van der Waals surface area (Å²) in [5, 5.41) is 0.616. The van der Waals surface area contributed by atoms with Crippen LogP contribution in [0.2, 0.25) is 5.02 Å². The first-order chi connectivity index (χ1) is 15.6. The van der Waals surface area contributed by atoms with E-state index in [0.717, 1.165) is 23.3 Å². The largest absolute Gasteiger partial charge is 0.497 e. The van der Waals surface area contributed by atoms with Gasteiger partial charge in [-0.25, -0.2) is 0 Å². The first kappa shape index (κ1) is 20.5. The van der Waals surface area contributed by atoms with Crippen molar-refractivity contribution in [3.05, 3.63) is 82.9 Å². The highest BCUT2D eigenvalue weighted by Crippen LogP contribution is 2.42. The number of likely N-dealkylation sites (tertiary alicyclic amines) is 1. The van der Waals surface area contributed by atoms with E-state index >= 15 is 0 Å². The molecule has 2 heterocycles. The van der Waals surface area contributed by atoms with Crippen LogP contribution in [0.15, 0.2) is 66.7 Å². The highest BCUT2D eigenvalue weighted by Gasteiger charge is 2.50. The average Bonchev–Trinajstić information content (AvgIpc) is 3.29. The average molecular weight is 452 g/mol. The van der Waals surface area contributed by atoms with Crippen molar-refractivity contribution in [3.8, 4) is 23.0 Å². The van der Waals surface area contributed by atoms with Crippen LogP contribution >= 0.6 is 11.6 Å². The van der Waals surface area contributed by atoms with Crippen LogP contribution in [0, 0.1) is 0 Å². The topological polar surface area (TPSA) is 57.2 Å². The predicted molar refractivity (Wildman–Crippen MR) is 120 cm³/mol. The Hall–Kier alpha value is -3.38. The number of hydrogen-bond donors (Lipinski definition) is 0. The van der Waals surface area contributed by atoms with Gasteiger partial charge >= 0.3 is 0 Å². The zero-order valence-electron chi connectivity index (χ0n) is 17.5. The monoisotopic (exact) mass is 451 g/mol. The maximum atomic E-state index is 13.1. The number of hydrogen-bond acceptors (Lipinski definition) is 5. The smallest absolute Gasteiger partial charge is 0.266 e. The minimum Gasteiger partial charge on any atom is -0.497 e. The van der Waals surface area contributed by atoms with Crippen LogP contribution in [-0.2, 0) is 11.2 Å². The molecule has 7 heteroatoms. The van der Waals surface area contributed by atoms with Crippen LogP contribution in [0.5, 0.6) is 23.0 Å². The summed E-state index contributed by atoms with van der Waals surface area (Å²) in [5.41, 5.74) is 2.08. The van der Waals surface area contributed by atoms with Crippen molar-refractivity contribution in [2.24, 2.45) is 0 Å². The van der Waals surface area contributed by atoms with Gasteiger partial charge in [0.25, 0.3) is 5.91 Å². The maximum absolute atomic E-state index is 13.1. The van der Waals surface area contributed by atoms with Crippen molar-refractivity contribution in [1.82, 2.24) is 4.90 Å². The predicted octanol–water partition coefficient (Wildman–Crippen LogP) is 4.65. The highest BCUT2D eigenvalue weighted by molar-refractivity contribution is 6.30. The van der Waals surface area contributed by atoms with E-state index in [1.165, 1.54) is 0 Å². The SMILES string of the molecule is COc1ccc(CCN2C(=O)C(Oc3ccc(Cl)cc3)C2c2ccc3c(c2)OCO3)cc1. The van der Waals surface area contributed by atoms with E-state index in [2.05, 4.69) is 0 Å². The number of halogens is 1. The molecule has 2 aliphatic rings. The van der Waals surface area contributed by atoms with E-state index in [1.54, 1.807) is 31.4 Å². The fourth-order valence-electron chi connectivity index (χ4n) is 4.03. The quantitative estimate of drug-likeness (QED) is 0.489. The molecule has 3 aromatic rings. The van der Waals surface area contributed by atoms with E-state index < -0.39 is 6.10 Å². The number of carbonyl (C=O) groups excluding carboxylic acids is 1. The molecule has 0 N–H and O–H groups in total. The summed E-state index contributed by atoms with van der Waals surface area (Å²) < 4.78 is 22.3. The fraction of sp³-hybridized carbons (Fsp3) is 0.240. The molecule has 0 spiro atoms. The third kappa shape index (κ3) is 3.94. The second kappa shape index (κ2) is 8.63. The summed E-state index contributed by atoms with van der Waals surface area (Å²) in [5.74, 6) is 2.76. The Morgan fingerprint density at radius 3 is 2.44 bits per heavy atom. The van der Waals surface area contributed by atoms with Gasteiger partial charge in [-0.05, 0) is 66.1 Å². The lowest BCUT2D eigenvalue weighted by molar-refractivity contribution is -0.164. The number of amides is 1. The number of ether oxygens (including phenoxy) is 4. The summed E-state index contributed by atoms with van der Waals surface area (Å²) >= 11 is 5.98. The molecule has 1 amide bonds. The summed E-state index contributed by atoms with van der Waals surface area (Å²) in [6.45, 7) is 0.777. The number of carbonyl (C=O) groups is 1. The first-order valence-electron chi connectivity index (χ1n) is 10.4. The van der Waals surface area contributed by atoms with Gasteiger partial charge in [-0.2, -0.15) is 0 Å². The van der Waals surface area contributed by atoms with Gasteiger partial charge in [0, 0.05) is 11.6 Å². The number of fused-ring (bicyclic) bond motifs is 1. The van der Waals surface area contributed by atoms with Crippen LogP contribution in [0.1, 0.15) is 17.2 Å². The molecule has 0 saturated carbocycles. The molecule has 164 valence electrons. The first-order valence-corrected chi connectivity index (χ1v) is 10.8. The molecule has 3 aromatic carbocycles. The fourth-order valence-corrected chi connectivity index (χ4v) is 4.16. The lowest BCUT2D eigenvalue weighted by atomic mass is 9.89. The highest BCUT2D eigenvalue weighted by atomic mass is 35.5. The van der Waals surface area contributed by atoms with Gasteiger partial charge in [0.1, 0.15) is 17.5 Å². The third-order valence-corrected chi connectivity index (χ3v) is 6.02. The third-order valence-electron chi connectivity index (χ3n) is 5.76. The molecule has 32 heavy (non-hydrogen) atoms. The molecular weight excluding hydrogens is 430 g/mol.